The fourth-order valence-electron chi connectivity index (χ4n) is 3.34. The molecule has 108 valence electrons. The zero-order chi connectivity index (χ0) is 14.3. The molecule has 3 nitrogen and oxygen atoms in total. The van der Waals surface area contributed by atoms with Gasteiger partial charge in [0, 0.05) is 6.54 Å². The molecule has 0 spiro atoms. The summed E-state index contributed by atoms with van der Waals surface area (Å²) in [6.45, 7) is 2.86. The molecule has 1 aliphatic rings. The number of anilines is 1. The first-order valence-electron chi connectivity index (χ1n) is 7.16. The van der Waals surface area contributed by atoms with Gasteiger partial charge in [0.1, 0.15) is 5.52 Å². The van der Waals surface area contributed by atoms with E-state index in [2.05, 4.69) is 11.9 Å². The zero-order valence-corrected chi connectivity index (χ0v) is 11.6. The lowest BCUT2D eigenvalue weighted by Gasteiger charge is -2.27. The van der Waals surface area contributed by atoms with Crippen LogP contribution in [0, 0.1) is 23.5 Å². The lowest BCUT2D eigenvalue weighted by atomic mass is 9.82. The van der Waals surface area contributed by atoms with Crippen LogP contribution in [0.5, 0.6) is 0 Å². The summed E-state index contributed by atoms with van der Waals surface area (Å²) >= 11 is 0. The minimum Gasteiger partial charge on any atom is -0.369 e. The van der Waals surface area contributed by atoms with Crippen LogP contribution in [-0.2, 0) is 6.54 Å². The Morgan fingerprint density at radius 1 is 1.35 bits per heavy atom. The van der Waals surface area contributed by atoms with E-state index in [-0.39, 0.29) is 11.5 Å². The lowest BCUT2D eigenvalue weighted by Crippen LogP contribution is -2.19. The predicted octanol–water partition coefficient (Wildman–Crippen LogP) is 3.72. The first-order valence-corrected chi connectivity index (χ1v) is 7.16. The molecule has 2 atom stereocenters. The largest absolute Gasteiger partial charge is 0.369 e. The van der Waals surface area contributed by atoms with E-state index in [1.54, 1.807) is 4.57 Å². The van der Waals surface area contributed by atoms with E-state index in [9.17, 15) is 8.78 Å². The van der Waals surface area contributed by atoms with Crippen LogP contribution >= 0.6 is 0 Å². The van der Waals surface area contributed by atoms with E-state index in [1.165, 1.54) is 18.9 Å². The number of benzene rings is 1. The van der Waals surface area contributed by atoms with Crippen molar-refractivity contribution in [2.75, 3.05) is 5.73 Å². The van der Waals surface area contributed by atoms with Gasteiger partial charge in [-0.15, -0.1) is 0 Å². The van der Waals surface area contributed by atoms with Gasteiger partial charge in [0.25, 0.3) is 0 Å². The van der Waals surface area contributed by atoms with E-state index in [4.69, 9.17) is 5.73 Å². The van der Waals surface area contributed by atoms with E-state index >= 15 is 0 Å². The molecule has 1 aliphatic carbocycles. The number of nitrogens with two attached hydrogens (primary N) is 1. The molecule has 1 aromatic carbocycles. The van der Waals surface area contributed by atoms with E-state index in [0.717, 1.165) is 18.9 Å². The first-order chi connectivity index (χ1) is 9.56. The van der Waals surface area contributed by atoms with Gasteiger partial charge >= 0.3 is 0 Å². The molecule has 1 aromatic heterocycles. The van der Waals surface area contributed by atoms with Gasteiger partial charge in [-0.2, -0.15) is 0 Å². The summed E-state index contributed by atoms with van der Waals surface area (Å²) in [5, 5.41) is 0. The number of halogens is 2. The van der Waals surface area contributed by atoms with Crippen LogP contribution in [0.4, 0.5) is 14.7 Å². The first kappa shape index (κ1) is 13.3. The average molecular weight is 279 g/mol. The Kier molecular flexibility index (Phi) is 3.36. The quantitative estimate of drug-likeness (QED) is 0.910. The minimum absolute atomic E-state index is 0.195. The molecule has 0 bridgehead atoms. The highest BCUT2D eigenvalue weighted by molar-refractivity contribution is 5.79. The Morgan fingerprint density at radius 3 is 2.90 bits per heavy atom. The van der Waals surface area contributed by atoms with Crippen molar-refractivity contribution in [3.05, 3.63) is 23.8 Å². The average Bonchev–Trinajstić information content (AvgIpc) is 2.72. The standard InChI is InChI=1S/C15H19F2N3/c1-9-3-2-4-10(7-9)8-20-14-12(19-15(20)18)6-5-11(16)13(14)17/h5-6,9-10H,2-4,7-8H2,1H3,(H2,18,19). The maximum Gasteiger partial charge on any atom is 0.201 e. The molecule has 2 N–H and O–H groups in total. The second-order valence-electron chi connectivity index (χ2n) is 5.95. The van der Waals surface area contributed by atoms with Crippen molar-refractivity contribution in [1.82, 2.24) is 9.55 Å². The van der Waals surface area contributed by atoms with E-state index in [1.807, 2.05) is 0 Å². The normalized spacial score (nSPS) is 23.4. The topological polar surface area (TPSA) is 43.8 Å². The van der Waals surface area contributed by atoms with Gasteiger partial charge < -0.3 is 10.3 Å². The van der Waals surface area contributed by atoms with Crippen LogP contribution in [0.3, 0.4) is 0 Å². The third kappa shape index (κ3) is 2.25. The molecule has 1 saturated carbocycles. The number of rotatable bonds is 2. The molecule has 2 aromatic rings. The summed E-state index contributed by atoms with van der Waals surface area (Å²) in [7, 11) is 0. The molecule has 0 saturated heterocycles. The fraction of sp³-hybridized carbons (Fsp3) is 0.533. The van der Waals surface area contributed by atoms with Gasteiger partial charge in [-0.3, -0.25) is 0 Å². The molecule has 20 heavy (non-hydrogen) atoms. The van der Waals surface area contributed by atoms with Crippen LogP contribution in [0.25, 0.3) is 11.0 Å². The van der Waals surface area contributed by atoms with Crippen LogP contribution in [0.15, 0.2) is 12.1 Å². The number of aromatic nitrogens is 2. The van der Waals surface area contributed by atoms with Crippen molar-refractivity contribution in [2.24, 2.45) is 11.8 Å². The van der Waals surface area contributed by atoms with Crippen LogP contribution in [-0.4, -0.2) is 9.55 Å². The Bertz CT molecular complexity index is 636. The molecule has 0 aliphatic heterocycles. The minimum atomic E-state index is -0.851. The Labute approximate surface area is 116 Å². The predicted molar refractivity (Wildman–Crippen MR) is 75.2 cm³/mol. The number of fused-ring (bicyclic) bond motifs is 1. The molecule has 1 fully saturated rings. The molecular formula is C15H19F2N3. The summed E-state index contributed by atoms with van der Waals surface area (Å²) in [4.78, 5) is 4.13. The molecule has 0 radical (unpaired) electrons. The van der Waals surface area contributed by atoms with Crippen molar-refractivity contribution in [3.63, 3.8) is 0 Å². The zero-order valence-electron chi connectivity index (χ0n) is 11.6. The van der Waals surface area contributed by atoms with Gasteiger partial charge in [0.2, 0.25) is 5.95 Å². The second kappa shape index (κ2) is 5.04. The smallest absolute Gasteiger partial charge is 0.201 e. The number of hydrogen-bond acceptors (Lipinski definition) is 2. The second-order valence-corrected chi connectivity index (χ2v) is 5.95. The molecule has 1 heterocycles. The van der Waals surface area contributed by atoms with Gasteiger partial charge in [-0.1, -0.05) is 19.8 Å². The van der Waals surface area contributed by atoms with Gasteiger partial charge in [-0.25, -0.2) is 13.8 Å². The summed E-state index contributed by atoms with van der Waals surface area (Å²) in [5.41, 5.74) is 6.50. The Hall–Kier alpha value is -1.65. The maximum absolute atomic E-state index is 14.0. The maximum atomic E-state index is 14.0. The highest BCUT2D eigenvalue weighted by Gasteiger charge is 2.22. The number of nitrogens with zero attached hydrogens (tertiary/aromatic N) is 2. The fourth-order valence-corrected chi connectivity index (χ4v) is 3.34. The number of hydrogen-bond donors (Lipinski definition) is 1. The molecule has 5 heteroatoms. The third-order valence-corrected chi connectivity index (χ3v) is 4.31. The lowest BCUT2D eigenvalue weighted by molar-refractivity contribution is 0.259. The van der Waals surface area contributed by atoms with E-state index in [0.29, 0.717) is 23.9 Å². The van der Waals surface area contributed by atoms with Crippen molar-refractivity contribution in [2.45, 2.75) is 39.2 Å². The molecular weight excluding hydrogens is 260 g/mol. The molecule has 0 amide bonds. The molecule has 2 unspecified atom stereocenters. The highest BCUT2D eigenvalue weighted by atomic mass is 19.2. The SMILES string of the molecule is CC1CCCC(Cn2c(N)nc3ccc(F)c(F)c32)C1. The summed E-state index contributed by atoms with van der Waals surface area (Å²) in [6, 6.07) is 2.57. The Morgan fingerprint density at radius 2 is 2.15 bits per heavy atom. The van der Waals surface area contributed by atoms with Crippen molar-refractivity contribution < 1.29 is 8.78 Å². The summed E-state index contributed by atoms with van der Waals surface area (Å²) < 4.78 is 29.1. The monoisotopic (exact) mass is 279 g/mol. The summed E-state index contributed by atoms with van der Waals surface area (Å²) in [5.74, 6) is -0.290. The Balaban J connectivity index is 1.98. The number of imidazole rings is 1. The van der Waals surface area contributed by atoms with Crippen molar-refractivity contribution in [3.8, 4) is 0 Å². The summed E-state index contributed by atoms with van der Waals surface area (Å²) in [6.07, 6.45) is 4.66. The van der Waals surface area contributed by atoms with Crippen LogP contribution in [0.2, 0.25) is 0 Å². The van der Waals surface area contributed by atoms with Crippen LogP contribution in [0.1, 0.15) is 32.6 Å². The number of nitrogen functional groups attached to an aromatic ring is 1. The molecule has 3 rings (SSSR count). The van der Waals surface area contributed by atoms with Crippen molar-refractivity contribution >= 4 is 17.0 Å². The van der Waals surface area contributed by atoms with E-state index < -0.39 is 11.6 Å². The third-order valence-electron chi connectivity index (χ3n) is 4.31. The van der Waals surface area contributed by atoms with Crippen LogP contribution < -0.4 is 5.73 Å². The van der Waals surface area contributed by atoms with Gasteiger partial charge in [0.05, 0.1) is 5.52 Å². The van der Waals surface area contributed by atoms with Crippen molar-refractivity contribution in [1.29, 1.82) is 0 Å². The van der Waals surface area contributed by atoms with Gasteiger partial charge in [-0.05, 0) is 36.8 Å². The highest BCUT2D eigenvalue weighted by Crippen LogP contribution is 2.32. The van der Waals surface area contributed by atoms with Gasteiger partial charge in [0.15, 0.2) is 11.6 Å².